The molecular formula is C8H16BrO4P. The standard InChI is InChI=1S/C8H16BrO4P/c1-12-14(11,13-2)7-8(10)5-3-4-6-9/h3-7H2,1-2H3. The smallest absolute Gasteiger partial charge is 0.312 e. The van der Waals surface area contributed by atoms with Crippen molar-refractivity contribution in [1.82, 2.24) is 0 Å². The summed E-state index contributed by atoms with van der Waals surface area (Å²) in [7, 11) is -0.572. The lowest BCUT2D eigenvalue weighted by molar-refractivity contribution is -0.117. The van der Waals surface area contributed by atoms with Gasteiger partial charge in [-0.05, 0) is 12.8 Å². The van der Waals surface area contributed by atoms with Gasteiger partial charge in [0.2, 0.25) is 0 Å². The molecule has 0 saturated carbocycles. The first kappa shape index (κ1) is 14.3. The molecule has 84 valence electrons. The molecule has 0 saturated heterocycles. The van der Waals surface area contributed by atoms with Gasteiger partial charge < -0.3 is 9.05 Å². The Morgan fingerprint density at radius 2 is 1.86 bits per heavy atom. The van der Waals surface area contributed by atoms with Gasteiger partial charge in [-0.2, -0.15) is 0 Å². The van der Waals surface area contributed by atoms with Crippen LogP contribution >= 0.6 is 23.5 Å². The number of unbranched alkanes of at least 4 members (excludes halogenated alkanes) is 1. The molecule has 0 aliphatic carbocycles. The molecule has 0 N–H and O–H groups in total. The van der Waals surface area contributed by atoms with Crippen molar-refractivity contribution in [1.29, 1.82) is 0 Å². The van der Waals surface area contributed by atoms with Gasteiger partial charge in [0.25, 0.3) is 0 Å². The molecule has 0 amide bonds. The van der Waals surface area contributed by atoms with E-state index in [-0.39, 0.29) is 11.9 Å². The van der Waals surface area contributed by atoms with Gasteiger partial charge in [-0.25, -0.2) is 0 Å². The summed E-state index contributed by atoms with van der Waals surface area (Å²) in [6, 6.07) is 0. The number of alkyl halides is 1. The van der Waals surface area contributed by atoms with Crippen molar-refractivity contribution in [2.75, 3.05) is 25.7 Å². The average Bonchev–Trinajstić information content (AvgIpc) is 2.18. The second-order valence-electron chi connectivity index (χ2n) is 2.82. The van der Waals surface area contributed by atoms with E-state index in [4.69, 9.17) is 0 Å². The van der Waals surface area contributed by atoms with E-state index in [1.807, 2.05) is 0 Å². The number of carbonyl (C=O) groups is 1. The maximum atomic E-state index is 11.5. The summed E-state index contributed by atoms with van der Waals surface area (Å²) >= 11 is 3.27. The minimum absolute atomic E-state index is 0.0713. The van der Waals surface area contributed by atoms with Crippen LogP contribution in [0.15, 0.2) is 0 Å². The number of hydrogen-bond acceptors (Lipinski definition) is 4. The van der Waals surface area contributed by atoms with E-state index in [0.717, 1.165) is 18.2 Å². The van der Waals surface area contributed by atoms with Crippen molar-refractivity contribution >= 4 is 29.3 Å². The summed E-state index contributed by atoms with van der Waals surface area (Å²) < 4.78 is 20.9. The Balaban J connectivity index is 3.86. The maximum Gasteiger partial charge on any atom is 0.337 e. The molecule has 0 aromatic heterocycles. The molecular weight excluding hydrogens is 271 g/mol. The monoisotopic (exact) mass is 286 g/mol. The van der Waals surface area contributed by atoms with E-state index < -0.39 is 7.60 Å². The molecule has 14 heavy (non-hydrogen) atoms. The highest BCUT2D eigenvalue weighted by Gasteiger charge is 2.24. The lowest BCUT2D eigenvalue weighted by Gasteiger charge is -2.12. The van der Waals surface area contributed by atoms with Gasteiger partial charge in [-0.15, -0.1) is 0 Å². The van der Waals surface area contributed by atoms with E-state index in [9.17, 15) is 9.36 Å². The molecule has 0 rings (SSSR count). The Labute approximate surface area is 93.0 Å². The van der Waals surface area contributed by atoms with Gasteiger partial charge in [0, 0.05) is 26.0 Å². The lowest BCUT2D eigenvalue weighted by Crippen LogP contribution is -2.07. The first-order valence-electron chi connectivity index (χ1n) is 4.36. The molecule has 0 atom stereocenters. The molecule has 4 nitrogen and oxygen atoms in total. The van der Waals surface area contributed by atoms with Crippen LogP contribution in [0.3, 0.4) is 0 Å². The molecule has 0 radical (unpaired) electrons. The zero-order valence-electron chi connectivity index (χ0n) is 8.49. The average molecular weight is 287 g/mol. The summed E-state index contributed by atoms with van der Waals surface area (Å²) in [5.74, 6) is -0.0713. The molecule has 0 aromatic rings. The molecule has 0 fully saturated rings. The Morgan fingerprint density at radius 3 is 2.29 bits per heavy atom. The van der Waals surface area contributed by atoms with E-state index in [1.54, 1.807) is 0 Å². The van der Waals surface area contributed by atoms with Crippen LogP contribution in [-0.4, -0.2) is 31.5 Å². The summed E-state index contributed by atoms with van der Waals surface area (Å²) in [5, 5.41) is 0.881. The van der Waals surface area contributed by atoms with Crippen LogP contribution in [0, 0.1) is 0 Å². The summed E-state index contributed by atoms with van der Waals surface area (Å²) in [6.07, 6.45) is 2.05. The predicted octanol–water partition coefficient (Wildman–Crippen LogP) is 2.61. The number of carbonyl (C=O) groups excluding carboxylic acids is 1. The second kappa shape index (κ2) is 7.57. The Morgan fingerprint density at radius 1 is 1.29 bits per heavy atom. The van der Waals surface area contributed by atoms with Gasteiger partial charge in [0.1, 0.15) is 11.9 Å². The third-order valence-corrected chi connectivity index (χ3v) is 4.18. The maximum absolute atomic E-state index is 11.5. The summed E-state index contributed by atoms with van der Waals surface area (Å²) in [6.45, 7) is 0. The Bertz CT molecular complexity index is 211. The molecule has 6 heteroatoms. The van der Waals surface area contributed by atoms with E-state index >= 15 is 0 Å². The van der Waals surface area contributed by atoms with Gasteiger partial charge in [-0.1, -0.05) is 15.9 Å². The van der Waals surface area contributed by atoms with E-state index in [2.05, 4.69) is 25.0 Å². The minimum Gasteiger partial charge on any atom is -0.312 e. The molecule has 0 unspecified atom stereocenters. The van der Waals surface area contributed by atoms with Crippen LogP contribution in [0.25, 0.3) is 0 Å². The first-order valence-corrected chi connectivity index (χ1v) is 7.21. The van der Waals surface area contributed by atoms with Crippen molar-refractivity contribution in [3.05, 3.63) is 0 Å². The first-order chi connectivity index (χ1) is 6.58. The third-order valence-electron chi connectivity index (χ3n) is 1.77. The van der Waals surface area contributed by atoms with Crippen molar-refractivity contribution in [3.63, 3.8) is 0 Å². The van der Waals surface area contributed by atoms with Crippen molar-refractivity contribution in [2.45, 2.75) is 19.3 Å². The fraction of sp³-hybridized carbons (Fsp3) is 0.875. The molecule has 0 aliphatic heterocycles. The van der Waals surface area contributed by atoms with Crippen LogP contribution < -0.4 is 0 Å². The van der Waals surface area contributed by atoms with E-state index in [1.165, 1.54) is 14.2 Å². The number of rotatable bonds is 8. The highest BCUT2D eigenvalue weighted by Crippen LogP contribution is 2.46. The molecule has 0 aliphatic rings. The van der Waals surface area contributed by atoms with Crippen LogP contribution in [0.4, 0.5) is 0 Å². The number of Topliss-reactive ketones (excluding diaryl/α,β-unsaturated/α-hetero) is 1. The van der Waals surface area contributed by atoms with E-state index in [0.29, 0.717) is 6.42 Å². The largest absolute Gasteiger partial charge is 0.337 e. The number of halogens is 1. The number of hydrogen-bond donors (Lipinski definition) is 0. The van der Waals surface area contributed by atoms with Gasteiger partial charge in [-0.3, -0.25) is 9.36 Å². The second-order valence-corrected chi connectivity index (χ2v) is 5.88. The third kappa shape index (κ3) is 5.91. The normalized spacial score (nSPS) is 11.6. The molecule has 0 heterocycles. The van der Waals surface area contributed by atoms with Crippen LogP contribution in [0.5, 0.6) is 0 Å². The van der Waals surface area contributed by atoms with Crippen LogP contribution in [0.1, 0.15) is 19.3 Å². The minimum atomic E-state index is -3.15. The van der Waals surface area contributed by atoms with Crippen LogP contribution in [-0.2, 0) is 18.4 Å². The lowest BCUT2D eigenvalue weighted by atomic mass is 10.2. The number of ketones is 1. The SMILES string of the molecule is COP(=O)(CC(=O)CCCCBr)OC. The van der Waals surface area contributed by atoms with Gasteiger partial charge >= 0.3 is 7.60 Å². The molecule has 0 spiro atoms. The Kier molecular flexibility index (Phi) is 7.74. The van der Waals surface area contributed by atoms with Crippen LogP contribution in [0.2, 0.25) is 0 Å². The highest BCUT2D eigenvalue weighted by atomic mass is 79.9. The fourth-order valence-corrected chi connectivity index (χ4v) is 2.31. The van der Waals surface area contributed by atoms with Crippen molar-refractivity contribution in [3.8, 4) is 0 Å². The van der Waals surface area contributed by atoms with Crippen molar-refractivity contribution in [2.24, 2.45) is 0 Å². The Hall–Kier alpha value is 0.300. The highest BCUT2D eigenvalue weighted by molar-refractivity contribution is 9.09. The topological polar surface area (TPSA) is 52.6 Å². The summed E-state index contributed by atoms with van der Waals surface area (Å²) in [4.78, 5) is 11.3. The molecule has 0 bridgehead atoms. The van der Waals surface area contributed by atoms with Gasteiger partial charge in [0.05, 0.1) is 0 Å². The zero-order valence-corrected chi connectivity index (χ0v) is 11.0. The van der Waals surface area contributed by atoms with Gasteiger partial charge in [0.15, 0.2) is 0 Å². The predicted molar refractivity (Wildman–Crippen MR) is 59.1 cm³/mol. The quantitative estimate of drug-likeness (QED) is 0.391. The fourth-order valence-electron chi connectivity index (χ4n) is 0.915. The summed E-state index contributed by atoms with van der Waals surface area (Å²) in [5.41, 5.74) is 0. The molecule has 0 aromatic carbocycles. The zero-order chi connectivity index (χ0) is 11.0. The van der Waals surface area contributed by atoms with Crippen molar-refractivity contribution < 1.29 is 18.4 Å².